The topological polar surface area (TPSA) is 59.2 Å². The van der Waals surface area contributed by atoms with Gasteiger partial charge in [0.05, 0.1) is 0 Å². The van der Waals surface area contributed by atoms with Crippen LogP contribution in [-0.2, 0) is 0 Å². The maximum absolute atomic E-state index is 12.0. The van der Waals surface area contributed by atoms with Gasteiger partial charge < -0.3 is 10.6 Å². The number of nitrogens with zero attached hydrogens (tertiary/aromatic N) is 2. The second-order valence-corrected chi connectivity index (χ2v) is 5.92. The molecule has 88 valence electrons. The summed E-state index contributed by atoms with van der Waals surface area (Å²) in [5.74, 6) is 0.0171. The number of carbonyl (C=O) groups excluding carboxylic acids is 1. The third-order valence-corrected chi connectivity index (χ3v) is 3.82. The molecule has 1 saturated heterocycles. The van der Waals surface area contributed by atoms with Gasteiger partial charge in [0.2, 0.25) is 0 Å². The minimum absolute atomic E-state index is 0.0171. The largest absolute Gasteiger partial charge is 0.375 e. The fourth-order valence-electron chi connectivity index (χ4n) is 1.86. The lowest BCUT2D eigenvalue weighted by atomic mass is 9.82. The molecule has 1 aliphatic heterocycles. The van der Waals surface area contributed by atoms with Gasteiger partial charge in [0.1, 0.15) is 5.69 Å². The van der Waals surface area contributed by atoms with Gasteiger partial charge in [-0.15, -0.1) is 11.3 Å². The van der Waals surface area contributed by atoms with Crippen LogP contribution in [0.5, 0.6) is 0 Å². The van der Waals surface area contributed by atoms with E-state index >= 15 is 0 Å². The highest BCUT2D eigenvalue weighted by Gasteiger charge is 2.28. The number of anilines is 1. The van der Waals surface area contributed by atoms with Crippen LogP contribution in [0.4, 0.5) is 5.13 Å². The Bertz CT molecular complexity index is 390. The number of nitrogens with two attached hydrogens (primary N) is 1. The van der Waals surface area contributed by atoms with E-state index in [2.05, 4.69) is 18.8 Å². The Morgan fingerprint density at radius 3 is 2.62 bits per heavy atom. The van der Waals surface area contributed by atoms with Gasteiger partial charge >= 0.3 is 0 Å². The van der Waals surface area contributed by atoms with E-state index in [1.165, 1.54) is 11.3 Å². The van der Waals surface area contributed by atoms with Crippen molar-refractivity contribution in [2.45, 2.75) is 26.7 Å². The zero-order chi connectivity index (χ0) is 11.8. The Hall–Kier alpha value is -1.10. The summed E-state index contributed by atoms with van der Waals surface area (Å²) >= 11 is 1.32. The molecule has 0 aliphatic carbocycles. The molecule has 2 heterocycles. The zero-order valence-corrected chi connectivity index (χ0v) is 10.5. The van der Waals surface area contributed by atoms with E-state index in [1.54, 1.807) is 5.38 Å². The summed E-state index contributed by atoms with van der Waals surface area (Å²) in [6.45, 7) is 6.14. The summed E-state index contributed by atoms with van der Waals surface area (Å²) in [4.78, 5) is 17.9. The molecule has 2 N–H and O–H groups in total. The predicted molar refractivity (Wildman–Crippen MR) is 65.4 cm³/mol. The SMILES string of the molecule is CC1(C)CCN(C(=O)c2csc(N)n2)CC1. The highest BCUT2D eigenvalue weighted by Crippen LogP contribution is 2.30. The normalized spacial score (nSPS) is 19.8. The molecule has 16 heavy (non-hydrogen) atoms. The van der Waals surface area contributed by atoms with Gasteiger partial charge in [0, 0.05) is 18.5 Å². The molecule has 1 aliphatic rings. The van der Waals surface area contributed by atoms with Crippen LogP contribution in [0.1, 0.15) is 37.2 Å². The van der Waals surface area contributed by atoms with E-state index in [4.69, 9.17) is 5.73 Å². The van der Waals surface area contributed by atoms with Crippen LogP contribution in [0.2, 0.25) is 0 Å². The number of piperidine rings is 1. The molecule has 1 aromatic rings. The van der Waals surface area contributed by atoms with E-state index in [-0.39, 0.29) is 5.91 Å². The molecular formula is C11H17N3OS. The van der Waals surface area contributed by atoms with Crippen LogP contribution in [0, 0.1) is 5.41 Å². The summed E-state index contributed by atoms with van der Waals surface area (Å²) in [5.41, 5.74) is 6.37. The summed E-state index contributed by atoms with van der Waals surface area (Å²) in [6, 6.07) is 0. The highest BCUT2D eigenvalue weighted by atomic mass is 32.1. The summed E-state index contributed by atoms with van der Waals surface area (Å²) < 4.78 is 0. The number of nitrogen functional groups attached to an aromatic ring is 1. The lowest BCUT2D eigenvalue weighted by Crippen LogP contribution is -2.41. The van der Waals surface area contributed by atoms with Crippen molar-refractivity contribution in [1.82, 2.24) is 9.88 Å². The predicted octanol–water partition coefficient (Wildman–Crippen LogP) is 1.99. The molecule has 0 radical (unpaired) electrons. The van der Waals surface area contributed by atoms with Crippen LogP contribution in [0.3, 0.4) is 0 Å². The van der Waals surface area contributed by atoms with Crippen LogP contribution in [0.15, 0.2) is 5.38 Å². The van der Waals surface area contributed by atoms with Gasteiger partial charge in [-0.05, 0) is 18.3 Å². The van der Waals surface area contributed by atoms with Crippen LogP contribution < -0.4 is 5.73 Å². The number of aromatic nitrogens is 1. The Morgan fingerprint density at radius 2 is 2.12 bits per heavy atom. The van der Waals surface area contributed by atoms with Crippen LogP contribution in [0.25, 0.3) is 0 Å². The molecule has 5 heteroatoms. The first kappa shape index (κ1) is 11.4. The maximum atomic E-state index is 12.0. The van der Waals surface area contributed by atoms with Gasteiger partial charge in [-0.25, -0.2) is 4.98 Å². The fraction of sp³-hybridized carbons (Fsp3) is 0.636. The van der Waals surface area contributed by atoms with Crippen molar-refractivity contribution in [1.29, 1.82) is 0 Å². The monoisotopic (exact) mass is 239 g/mol. The smallest absolute Gasteiger partial charge is 0.273 e. The molecule has 0 unspecified atom stereocenters. The number of hydrogen-bond donors (Lipinski definition) is 1. The standard InChI is InChI=1S/C11H17N3OS/c1-11(2)3-5-14(6-4-11)9(15)8-7-16-10(12)13-8/h7H,3-6H2,1-2H3,(H2,12,13). The number of amides is 1. The van der Waals surface area contributed by atoms with Crippen molar-refractivity contribution in [3.05, 3.63) is 11.1 Å². The van der Waals surface area contributed by atoms with Gasteiger partial charge in [-0.2, -0.15) is 0 Å². The summed E-state index contributed by atoms with van der Waals surface area (Å²) in [5, 5.41) is 2.19. The molecule has 0 atom stereocenters. The van der Waals surface area contributed by atoms with Crippen molar-refractivity contribution >= 4 is 22.4 Å². The van der Waals surface area contributed by atoms with Crippen molar-refractivity contribution in [2.24, 2.45) is 5.41 Å². The third kappa shape index (κ3) is 2.35. The Labute approximate surface area is 99.5 Å². The van der Waals surface area contributed by atoms with Gasteiger partial charge in [0.25, 0.3) is 5.91 Å². The highest BCUT2D eigenvalue weighted by molar-refractivity contribution is 7.13. The number of rotatable bonds is 1. The molecule has 0 bridgehead atoms. The van der Waals surface area contributed by atoms with E-state index in [0.717, 1.165) is 25.9 Å². The Balaban J connectivity index is 2.02. The zero-order valence-electron chi connectivity index (χ0n) is 9.69. The second-order valence-electron chi connectivity index (χ2n) is 5.03. The summed E-state index contributed by atoms with van der Waals surface area (Å²) in [7, 11) is 0. The van der Waals surface area contributed by atoms with Crippen LogP contribution in [-0.4, -0.2) is 28.9 Å². The first-order valence-electron chi connectivity index (χ1n) is 5.48. The second kappa shape index (κ2) is 4.05. The maximum Gasteiger partial charge on any atom is 0.273 e. The van der Waals surface area contributed by atoms with Gasteiger partial charge in [-0.1, -0.05) is 13.8 Å². The first-order chi connectivity index (χ1) is 7.48. The van der Waals surface area contributed by atoms with Gasteiger partial charge in [0.15, 0.2) is 5.13 Å². The Kier molecular flexibility index (Phi) is 2.88. The van der Waals surface area contributed by atoms with E-state index in [9.17, 15) is 4.79 Å². The Morgan fingerprint density at radius 1 is 1.50 bits per heavy atom. The average molecular weight is 239 g/mol. The van der Waals surface area contributed by atoms with Crippen molar-refractivity contribution in [3.8, 4) is 0 Å². The minimum Gasteiger partial charge on any atom is -0.375 e. The fourth-order valence-corrected chi connectivity index (χ4v) is 2.40. The number of likely N-dealkylation sites (tertiary alicyclic amines) is 1. The van der Waals surface area contributed by atoms with E-state index < -0.39 is 0 Å². The molecule has 0 saturated carbocycles. The average Bonchev–Trinajstić information content (AvgIpc) is 2.64. The molecule has 1 fully saturated rings. The molecule has 0 aromatic carbocycles. The number of carbonyl (C=O) groups is 1. The number of thiazole rings is 1. The minimum atomic E-state index is 0.0171. The molecule has 0 spiro atoms. The number of hydrogen-bond acceptors (Lipinski definition) is 4. The van der Waals surface area contributed by atoms with E-state index in [1.807, 2.05) is 4.90 Å². The van der Waals surface area contributed by atoms with Crippen molar-refractivity contribution in [3.63, 3.8) is 0 Å². The lowest BCUT2D eigenvalue weighted by molar-refractivity contribution is 0.0625. The first-order valence-corrected chi connectivity index (χ1v) is 6.36. The molecule has 4 nitrogen and oxygen atoms in total. The molecule has 2 rings (SSSR count). The lowest BCUT2D eigenvalue weighted by Gasteiger charge is -2.36. The van der Waals surface area contributed by atoms with Gasteiger partial charge in [-0.3, -0.25) is 4.79 Å². The van der Waals surface area contributed by atoms with Crippen LogP contribution >= 0.6 is 11.3 Å². The third-order valence-electron chi connectivity index (χ3n) is 3.15. The molecule has 1 aromatic heterocycles. The molecule has 1 amide bonds. The van der Waals surface area contributed by atoms with Crippen molar-refractivity contribution in [2.75, 3.05) is 18.8 Å². The summed E-state index contributed by atoms with van der Waals surface area (Å²) in [6.07, 6.45) is 2.11. The quantitative estimate of drug-likeness (QED) is 0.815. The van der Waals surface area contributed by atoms with E-state index in [0.29, 0.717) is 16.2 Å². The molecular weight excluding hydrogens is 222 g/mol. The van der Waals surface area contributed by atoms with Crippen molar-refractivity contribution < 1.29 is 4.79 Å².